The average molecular weight is 261 g/mol. The van der Waals surface area contributed by atoms with E-state index in [9.17, 15) is 9.90 Å². The van der Waals surface area contributed by atoms with E-state index in [1.54, 1.807) is 12.1 Å². The van der Waals surface area contributed by atoms with Crippen LogP contribution < -0.4 is 9.47 Å². The highest BCUT2D eigenvalue weighted by atomic mass is 16.6. The fraction of sp³-hybridized carbons (Fsp3) is 0.250. The van der Waals surface area contributed by atoms with Gasteiger partial charge in [0.1, 0.15) is 13.2 Å². The van der Waals surface area contributed by atoms with Crippen LogP contribution >= 0.6 is 0 Å². The highest BCUT2D eigenvalue weighted by molar-refractivity contribution is 5.96. The highest BCUT2D eigenvalue weighted by Gasteiger charge is 2.18. The number of ether oxygens (including phenoxy) is 2. The molecule has 2 heterocycles. The van der Waals surface area contributed by atoms with Crippen molar-refractivity contribution in [2.24, 2.45) is 10.2 Å². The Balaban J connectivity index is 2.17. The molecule has 1 amide bonds. The summed E-state index contributed by atoms with van der Waals surface area (Å²) in [5, 5.41) is 17.6. The van der Waals surface area contributed by atoms with Crippen LogP contribution in [-0.4, -0.2) is 29.2 Å². The Hall–Kier alpha value is -2.57. The third kappa shape index (κ3) is 1.99. The summed E-state index contributed by atoms with van der Waals surface area (Å²) in [6.45, 7) is 2.25. The largest absolute Gasteiger partial charge is 0.493 e. The number of aromatic hydroxyl groups is 1. The van der Waals surface area contributed by atoms with Gasteiger partial charge in [0, 0.05) is 18.4 Å². The number of fused-ring (bicyclic) bond motifs is 2. The van der Waals surface area contributed by atoms with Crippen LogP contribution in [0.2, 0.25) is 0 Å². The van der Waals surface area contributed by atoms with Crippen LogP contribution in [0.15, 0.2) is 22.4 Å². The van der Waals surface area contributed by atoms with Crippen LogP contribution in [-0.2, 0) is 4.79 Å². The molecule has 19 heavy (non-hydrogen) atoms. The third-order valence-corrected chi connectivity index (χ3v) is 2.71. The van der Waals surface area contributed by atoms with Crippen LogP contribution in [0, 0.1) is 0 Å². The number of nitrogens with zero attached hydrogens (tertiary/aromatic N) is 2. The first-order valence-electron chi connectivity index (χ1n) is 5.72. The maximum absolute atomic E-state index is 10.8. The smallest absolute Gasteiger partial charge is 0.261 e. The number of nitrogens with one attached hydrogen (secondary N) is 1. The number of hydrogen-bond acceptors (Lipinski definition) is 5. The molecule has 1 aromatic carbocycles. The van der Waals surface area contributed by atoms with Crippen molar-refractivity contribution in [1.82, 2.24) is 4.98 Å². The normalized spacial score (nSPS) is 14.2. The number of aromatic nitrogens is 1. The van der Waals surface area contributed by atoms with Gasteiger partial charge in [0.25, 0.3) is 5.91 Å². The molecule has 2 N–H and O–H groups in total. The van der Waals surface area contributed by atoms with E-state index >= 15 is 0 Å². The predicted octanol–water partition coefficient (Wildman–Crippen LogP) is 2.27. The van der Waals surface area contributed by atoms with Gasteiger partial charge in [0.2, 0.25) is 5.88 Å². The topological polar surface area (TPSA) is 96.3 Å². The number of benzene rings is 1. The number of rotatable bonds is 1. The van der Waals surface area contributed by atoms with Gasteiger partial charge in [-0.25, -0.2) is 0 Å². The van der Waals surface area contributed by atoms with Crippen molar-refractivity contribution >= 4 is 22.5 Å². The molecule has 0 bridgehead atoms. The fourth-order valence-electron chi connectivity index (χ4n) is 1.92. The number of amides is 1. The van der Waals surface area contributed by atoms with E-state index < -0.39 is 5.91 Å². The Morgan fingerprint density at radius 3 is 2.68 bits per heavy atom. The maximum atomic E-state index is 10.8. The van der Waals surface area contributed by atoms with Gasteiger partial charge < -0.3 is 19.6 Å². The van der Waals surface area contributed by atoms with Crippen molar-refractivity contribution in [1.29, 1.82) is 0 Å². The molecule has 0 unspecified atom stereocenters. The highest BCUT2D eigenvalue weighted by Crippen LogP contribution is 2.42. The maximum Gasteiger partial charge on any atom is 0.261 e. The van der Waals surface area contributed by atoms with Crippen molar-refractivity contribution in [3.8, 4) is 17.4 Å². The quantitative estimate of drug-likeness (QED) is 0.769. The number of azo groups is 1. The lowest BCUT2D eigenvalue weighted by atomic mass is 10.2. The summed E-state index contributed by atoms with van der Waals surface area (Å²) < 4.78 is 10.9. The SMILES string of the molecule is CC(=O)N=Nc1c(O)[nH]c2cc3c(cc12)OCCO3. The molecule has 0 spiro atoms. The summed E-state index contributed by atoms with van der Waals surface area (Å²) in [5.74, 6) is 0.598. The minimum absolute atomic E-state index is 0.151. The summed E-state index contributed by atoms with van der Waals surface area (Å²) >= 11 is 0. The van der Waals surface area contributed by atoms with Gasteiger partial charge >= 0.3 is 0 Å². The second kappa shape index (κ2) is 4.27. The van der Waals surface area contributed by atoms with Gasteiger partial charge in [-0.3, -0.25) is 4.79 Å². The summed E-state index contributed by atoms with van der Waals surface area (Å²) in [4.78, 5) is 13.6. The molecule has 7 heteroatoms. The van der Waals surface area contributed by atoms with E-state index in [4.69, 9.17) is 9.47 Å². The van der Waals surface area contributed by atoms with Crippen molar-refractivity contribution in [3.63, 3.8) is 0 Å². The Bertz CT molecular complexity index is 690. The monoisotopic (exact) mass is 261 g/mol. The summed E-state index contributed by atoms with van der Waals surface area (Å²) in [6.07, 6.45) is 0. The summed E-state index contributed by atoms with van der Waals surface area (Å²) in [6, 6.07) is 3.42. The van der Waals surface area contributed by atoms with E-state index in [0.717, 1.165) is 0 Å². The molecule has 2 aromatic rings. The van der Waals surface area contributed by atoms with Crippen LogP contribution in [0.4, 0.5) is 5.69 Å². The third-order valence-electron chi connectivity index (χ3n) is 2.71. The van der Waals surface area contributed by atoms with Crippen LogP contribution in [0.5, 0.6) is 17.4 Å². The van der Waals surface area contributed by atoms with Gasteiger partial charge in [-0.1, -0.05) is 0 Å². The molecule has 0 saturated carbocycles. The zero-order valence-corrected chi connectivity index (χ0v) is 10.1. The van der Waals surface area contributed by atoms with Gasteiger partial charge in [0.15, 0.2) is 17.2 Å². The first-order valence-corrected chi connectivity index (χ1v) is 5.72. The number of aromatic amines is 1. The lowest BCUT2D eigenvalue weighted by molar-refractivity contribution is -0.116. The lowest BCUT2D eigenvalue weighted by Gasteiger charge is -2.17. The number of carbonyl (C=O) groups excluding carboxylic acids is 1. The predicted molar refractivity (Wildman–Crippen MR) is 66.2 cm³/mol. The molecule has 1 aromatic heterocycles. The lowest BCUT2D eigenvalue weighted by Crippen LogP contribution is -2.15. The van der Waals surface area contributed by atoms with Crippen LogP contribution in [0.1, 0.15) is 6.92 Å². The Labute approximate surface area is 107 Å². The van der Waals surface area contributed by atoms with E-state index in [-0.39, 0.29) is 11.6 Å². The number of hydrogen-bond donors (Lipinski definition) is 2. The zero-order valence-electron chi connectivity index (χ0n) is 10.1. The molecule has 0 radical (unpaired) electrons. The molecule has 0 saturated heterocycles. The molecule has 0 aliphatic carbocycles. The average Bonchev–Trinajstić information content (AvgIpc) is 2.68. The van der Waals surface area contributed by atoms with Gasteiger partial charge in [-0.2, -0.15) is 0 Å². The molecule has 0 atom stereocenters. The van der Waals surface area contributed by atoms with E-state index in [1.165, 1.54) is 6.92 Å². The molecule has 0 fully saturated rings. The summed E-state index contributed by atoms with van der Waals surface area (Å²) in [7, 11) is 0. The minimum Gasteiger partial charge on any atom is -0.493 e. The molecule has 1 aliphatic heterocycles. The zero-order chi connectivity index (χ0) is 13.4. The van der Waals surface area contributed by atoms with Crippen molar-refractivity contribution in [2.75, 3.05) is 13.2 Å². The molecular formula is C12H11N3O4. The van der Waals surface area contributed by atoms with Crippen molar-refractivity contribution < 1.29 is 19.4 Å². The van der Waals surface area contributed by atoms with Crippen LogP contribution in [0.3, 0.4) is 0 Å². The molecule has 3 rings (SSSR count). The fourth-order valence-corrected chi connectivity index (χ4v) is 1.92. The second-order valence-corrected chi connectivity index (χ2v) is 4.08. The molecule has 7 nitrogen and oxygen atoms in total. The van der Waals surface area contributed by atoms with Crippen LogP contribution in [0.25, 0.3) is 10.9 Å². The van der Waals surface area contributed by atoms with Gasteiger partial charge in [0.05, 0.1) is 5.52 Å². The minimum atomic E-state index is -0.439. The first-order chi connectivity index (χ1) is 9.15. The summed E-state index contributed by atoms with van der Waals surface area (Å²) in [5.41, 5.74) is 0.849. The molecule has 1 aliphatic rings. The Morgan fingerprint density at radius 1 is 1.32 bits per heavy atom. The van der Waals surface area contributed by atoms with E-state index in [2.05, 4.69) is 15.2 Å². The molecular weight excluding hydrogens is 250 g/mol. The van der Waals surface area contributed by atoms with Gasteiger partial charge in [-0.15, -0.1) is 10.2 Å². The van der Waals surface area contributed by atoms with Crippen molar-refractivity contribution in [2.45, 2.75) is 6.92 Å². The van der Waals surface area contributed by atoms with Crippen molar-refractivity contribution in [3.05, 3.63) is 12.1 Å². The number of H-pyrrole nitrogens is 1. The number of carbonyl (C=O) groups is 1. The Morgan fingerprint density at radius 2 is 2.00 bits per heavy atom. The van der Waals surface area contributed by atoms with E-state index in [1.807, 2.05) is 0 Å². The molecule has 98 valence electrons. The second-order valence-electron chi connectivity index (χ2n) is 4.08. The first kappa shape index (κ1) is 11.5. The standard InChI is InChI=1S/C12H11N3O4/c1-6(16)14-15-11-7-4-9-10(19-3-2-18-9)5-8(7)13-12(11)17/h4-5,13,17H,2-3H2,1H3. The van der Waals surface area contributed by atoms with E-state index in [0.29, 0.717) is 35.6 Å². The van der Waals surface area contributed by atoms with Gasteiger partial charge in [-0.05, 0) is 6.07 Å². The Kier molecular flexibility index (Phi) is 2.59.